The Morgan fingerprint density at radius 3 is 2.79 bits per heavy atom. The van der Waals surface area contributed by atoms with Crippen molar-refractivity contribution >= 4 is 5.97 Å². The number of nitrogens with two attached hydrogens (primary N) is 1. The molecule has 0 bridgehead atoms. The number of aliphatic carboxylic acids is 1. The summed E-state index contributed by atoms with van der Waals surface area (Å²) in [7, 11) is 1.39. The lowest BCUT2D eigenvalue weighted by atomic mass is 9.93. The molecule has 0 heterocycles. The first-order valence-electron chi connectivity index (χ1n) is 6.34. The first kappa shape index (κ1) is 15.4. The molecule has 0 spiro atoms. The van der Waals surface area contributed by atoms with Crippen molar-refractivity contribution in [1.82, 2.24) is 0 Å². The molecule has 1 rings (SSSR count). The molecule has 0 aliphatic heterocycles. The Kier molecular flexibility index (Phi) is 6.29. The third-order valence-corrected chi connectivity index (χ3v) is 3.09. The van der Waals surface area contributed by atoms with Crippen molar-refractivity contribution in [3.8, 4) is 5.75 Å². The van der Waals surface area contributed by atoms with Crippen LogP contribution in [-0.2, 0) is 11.2 Å². The number of carboxylic acids is 1. The predicted octanol–water partition coefficient (Wildman–Crippen LogP) is 2.21. The van der Waals surface area contributed by atoms with E-state index in [1.807, 2.05) is 0 Å². The molecule has 0 fully saturated rings. The van der Waals surface area contributed by atoms with E-state index in [-0.39, 0.29) is 12.2 Å². The summed E-state index contributed by atoms with van der Waals surface area (Å²) < 4.78 is 18.8. The quantitative estimate of drug-likeness (QED) is 0.710. The summed E-state index contributed by atoms with van der Waals surface area (Å²) in [6.45, 7) is 0.542. The smallest absolute Gasteiger partial charge is 0.306 e. The Morgan fingerprint density at radius 2 is 2.21 bits per heavy atom. The van der Waals surface area contributed by atoms with Crippen molar-refractivity contribution in [1.29, 1.82) is 0 Å². The van der Waals surface area contributed by atoms with Gasteiger partial charge in [0.05, 0.1) is 13.0 Å². The van der Waals surface area contributed by atoms with Gasteiger partial charge in [-0.25, -0.2) is 4.39 Å². The molecule has 0 aromatic heterocycles. The van der Waals surface area contributed by atoms with Crippen LogP contribution in [0.1, 0.15) is 24.8 Å². The highest BCUT2D eigenvalue weighted by Crippen LogP contribution is 2.24. The normalized spacial score (nSPS) is 12.2. The topological polar surface area (TPSA) is 72.5 Å². The maximum Gasteiger partial charge on any atom is 0.306 e. The van der Waals surface area contributed by atoms with Crippen LogP contribution in [0, 0.1) is 11.7 Å². The molecule has 1 aromatic rings. The number of carbonyl (C=O) groups is 1. The van der Waals surface area contributed by atoms with Crippen LogP contribution in [0.2, 0.25) is 0 Å². The largest absolute Gasteiger partial charge is 0.494 e. The van der Waals surface area contributed by atoms with Gasteiger partial charge in [0.2, 0.25) is 0 Å². The summed E-state index contributed by atoms with van der Waals surface area (Å²) in [5.41, 5.74) is 5.76. The summed E-state index contributed by atoms with van der Waals surface area (Å²) in [5.74, 6) is -1.83. The number of halogens is 1. The highest BCUT2D eigenvalue weighted by molar-refractivity contribution is 5.70. The average molecular weight is 269 g/mol. The highest BCUT2D eigenvalue weighted by atomic mass is 19.1. The van der Waals surface area contributed by atoms with E-state index in [1.54, 1.807) is 12.1 Å². The van der Waals surface area contributed by atoms with Gasteiger partial charge in [0, 0.05) is 0 Å². The average Bonchev–Trinajstić information content (AvgIpc) is 2.39. The third kappa shape index (κ3) is 4.52. The lowest BCUT2D eigenvalue weighted by molar-refractivity contribution is -0.142. The minimum Gasteiger partial charge on any atom is -0.494 e. The monoisotopic (exact) mass is 269 g/mol. The van der Waals surface area contributed by atoms with Gasteiger partial charge in [0.15, 0.2) is 11.6 Å². The molecule has 0 saturated heterocycles. The molecule has 1 atom stereocenters. The first-order valence-corrected chi connectivity index (χ1v) is 6.34. The lowest BCUT2D eigenvalue weighted by Gasteiger charge is -2.13. The van der Waals surface area contributed by atoms with Crippen molar-refractivity contribution in [3.63, 3.8) is 0 Å². The van der Waals surface area contributed by atoms with Gasteiger partial charge in [-0.05, 0) is 37.4 Å². The minimum atomic E-state index is -0.903. The Labute approximate surface area is 112 Å². The molecule has 1 aromatic carbocycles. The number of carboxylic acid groups (broad SMARTS) is 1. The van der Waals surface area contributed by atoms with Crippen LogP contribution >= 0.6 is 0 Å². The van der Waals surface area contributed by atoms with E-state index < -0.39 is 17.7 Å². The second-order valence-electron chi connectivity index (χ2n) is 4.46. The maximum atomic E-state index is 13.9. The zero-order valence-corrected chi connectivity index (χ0v) is 11.1. The molecular weight excluding hydrogens is 249 g/mol. The number of ether oxygens (including phenoxy) is 1. The molecule has 0 saturated carbocycles. The fourth-order valence-corrected chi connectivity index (χ4v) is 1.98. The Bertz CT molecular complexity index is 423. The summed E-state index contributed by atoms with van der Waals surface area (Å²) in [6, 6.07) is 4.77. The highest BCUT2D eigenvalue weighted by Gasteiger charge is 2.20. The van der Waals surface area contributed by atoms with E-state index in [4.69, 9.17) is 15.6 Å². The second kappa shape index (κ2) is 7.74. The fourth-order valence-electron chi connectivity index (χ4n) is 1.98. The molecular formula is C14H20FNO3. The first-order chi connectivity index (χ1) is 9.10. The summed E-state index contributed by atoms with van der Waals surface area (Å²) in [5, 5.41) is 9.17. The van der Waals surface area contributed by atoms with E-state index in [0.29, 0.717) is 18.5 Å². The molecule has 5 heteroatoms. The number of benzene rings is 1. The molecule has 0 radical (unpaired) electrons. The SMILES string of the molecule is COc1cccc(CC(CCCCN)C(=O)O)c1F. The van der Waals surface area contributed by atoms with Crippen LogP contribution in [0.15, 0.2) is 18.2 Å². The van der Waals surface area contributed by atoms with E-state index >= 15 is 0 Å². The van der Waals surface area contributed by atoms with Crippen LogP contribution in [-0.4, -0.2) is 24.7 Å². The van der Waals surface area contributed by atoms with Gasteiger partial charge in [0.25, 0.3) is 0 Å². The minimum absolute atomic E-state index is 0.142. The fraction of sp³-hybridized carbons (Fsp3) is 0.500. The number of hydrogen-bond acceptors (Lipinski definition) is 3. The van der Waals surface area contributed by atoms with Crippen LogP contribution < -0.4 is 10.5 Å². The van der Waals surface area contributed by atoms with Crippen LogP contribution in [0.4, 0.5) is 4.39 Å². The Balaban J connectivity index is 2.76. The molecule has 3 N–H and O–H groups in total. The van der Waals surface area contributed by atoms with Crippen molar-refractivity contribution in [3.05, 3.63) is 29.6 Å². The van der Waals surface area contributed by atoms with Gasteiger partial charge >= 0.3 is 5.97 Å². The van der Waals surface area contributed by atoms with Gasteiger partial charge in [-0.15, -0.1) is 0 Å². The third-order valence-electron chi connectivity index (χ3n) is 3.09. The molecule has 0 aliphatic rings. The van der Waals surface area contributed by atoms with Gasteiger partial charge in [-0.1, -0.05) is 18.6 Å². The van der Waals surface area contributed by atoms with Crippen molar-refractivity contribution < 1.29 is 19.0 Å². The zero-order chi connectivity index (χ0) is 14.3. The summed E-state index contributed by atoms with van der Waals surface area (Å²) in [4.78, 5) is 11.2. The number of unbranched alkanes of at least 4 members (excludes halogenated alkanes) is 1. The summed E-state index contributed by atoms with van der Waals surface area (Å²) in [6.07, 6.45) is 2.19. The van der Waals surface area contributed by atoms with E-state index in [2.05, 4.69) is 0 Å². The molecule has 0 amide bonds. The molecule has 4 nitrogen and oxygen atoms in total. The molecule has 19 heavy (non-hydrogen) atoms. The van der Waals surface area contributed by atoms with Crippen LogP contribution in [0.5, 0.6) is 5.75 Å². The van der Waals surface area contributed by atoms with E-state index in [9.17, 15) is 9.18 Å². The predicted molar refractivity (Wildman–Crippen MR) is 70.7 cm³/mol. The van der Waals surface area contributed by atoms with E-state index in [1.165, 1.54) is 13.2 Å². The second-order valence-corrected chi connectivity index (χ2v) is 4.46. The van der Waals surface area contributed by atoms with Gasteiger partial charge in [-0.2, -0.15) is 0 Å². The van der Waals surface area contributed by atoms with Crippen molar-refractivity contribution in [2.75, 3.05) is 13.7 Å². The van der Waals surface area contributed by atoms with Crippen molar-refractivity contribution in [2.24, 2.45) is 11.7 Å². The Morgan fingerprint density at radius 1 is 1.47 bits per heavy atom. The Hall–Kier alpha value is -1.62. The van der Waals surface area contributed by atoms with Gasteiger partial charge in [-0.3, -0.25) is 4.79 Å². The molecule has 0 aliphatic carbocycles. The number of hydrogen-bond donors (Lipinski definition) is 2. The molecule has 1 unspecified atom stereocenters. The van der Waals surface area contributed by atoms with Crippen LogP contribution in [0.3, 0.4) is 0 Å². The van der Waals surface area contributed by atoms with Gasteiger partial charge in [0.1, 0.15) is 0 Å². The van der Waals surface area contributed by atoms with Crippen LogP contribution in [0.25, 0.3) is 0 Å². The summed E-state index contributed by atoms with van der Waals surface area (Å²) >= 11 is 0. The van der Waals surface area contributed by atoms with Crippen molar-refractivity contribution in [2.45, 2.75) is 25.7 Å². The van der Waals surface area contributed by atoms with Gasteiger partial charge < -0.3 is 15.6 Å². The lowest BCUT2D eigenvalue weighted by Crippen LogP contribution is -2.17. The number of rotatable bonds is 8. The molecule has 106 valence electrons. The van der Waals surface area contributed by atoms with E-state index in [0.717, 1.165) is 12.8 Å². The number of methoxy groups -OCH3 is 1. The zero-order valence-electron chi connectivity index (χ0n) is 11.1. The standard InChI is InChI=1S/C14H20FNO3/c1-19-12-7-4-6-10(13(12)15)9-11(14(17)18)5-2-3-8-16/h4,6-7,11H,2-3,5,8-9,16H2,1H3,(H,17,18). The maximum absolute atomic E-state index is 13.9.